The van der Waals surface area contributed by atoms with Crippen LogP contribution in [0.15, 0.2) is 47.7 Å². The molecule has 8 nitrogen and oxygen atoms in total. The van der Waals surface area contributed by atoms with E-state index in [0.29, 0.717) is 12.2 Å². The number of aryl methyl sites for hydroxylation is 1. The fraction of sp³-hybridized carbons (Fsp3) is 0.435. The molecule has 0 bridgehead atoms. The van der Waals surface area contributed by atoms with Gasteiger partial charge in [0.05, 0.1) is 24.6 Å². The van der Waals surface area contributed by atoms with Gasteiger partial charge in [-0.15, -0.1) is 0 Å². The molecule has 0 saturated carbocycles. The molecule has 1 aromatic heterocycles. The highest BCUT2D eigenvalue weighted by atomic mass is 16.5. The summed E-state index contributed by atoms with van der Waals surface area (Å²) in [4.78, 5) is 27.1. The van der Waals surface area contributed by atoms with Crippen LogP contribution in [0.5, 0.6) is 5.75 Å². The number of methoxy groups -OCH3 is 1. The molecule has 31 heavy (non-hydrogen) atoms. The fourth-order valence-corrected chi connectivity index (χ4v) is 3.60. The summed E-state index contributed by atoms with van der Waals surface area (Å²) in [5.41, 5.74) is 2.26. The molecular formula is C23H31N5O3. The van der Waals surface area contributed by atoms with Gasteiger partial charge in [0.1, 0.15) is 12.3 Å². The van der Waals surface area contributed by atoms with E-state index >= 15 is 0 Å². The van der Waals surface area contributed by atoms with Crippen molar-refractivity contribution in [1.82, 2.24) is 19.8 Å². The van der Waals surface area contributed by atoms with Gasteiger partial charge in [-0.25, -0.2) is 9.80 Å². The monoisotopic (exact) mass is 425 g/mol. The minimum absolute atomic E-state index is 0.0858. The molecule has 3 rings (SSSR count). The third-order valence-corrected chi connectivity index (χ3v) is 5.10. The Morgan fingerprint density at radius 3 is 2.55 bits per heavy atom. The number of rotatable bonds is 5. The summed E-state index contributed by atoms with van der Waals surface area (Å²) >= 11 is 0. The maximum absolute atomic E-state index is 13.3. The number of nitrogens with zero attached hydrogens (tertiary/aromatic N) is 4. The quantitative estimate of drug-likeness (QED) is 0.799. The second-order valence-electron chi connectivity index (χ2n) is 8.79. The Hall–Kier alpha value is -3.29. The number of benzene rings is 1. The van der Waals surface area contributed by atoms with Crippen LogP contribution >= 0.6 is 0 Å². The molecule has 0 aliphatic carbocycles. The number of carbonyl (C=O) groups excluding carboxylic acids is 2. The Morgan fingerprint density at radius 2 is 1.94 bits per heavy atom. The minimum Gasteiger partial charge on any atom is -0.496 e. The predicted molar refractivity (Wildman–Crippen MR) is 120 cm³/mol. The van der Waals surface area contributed by atoms with Crippen molar-refractivity contribution in [3.05, 3.63) is 53.9 Å². The molecule has 2 heterocycles. The summed E-state index contributed by atoms with van der Waals surface area (Å²) in [6, 6.07) is 11.0. The van der Waals surface area contributed by atoms with Gasteiger partial charge in [0.2, 0.25) is 0 Å². The summed E-state index contributed by atoms with van der Waals surface area (Å²) < 4.78 is 7.52. The van der Waals surface area contributed by atoms with Crippen LogP contribution in [-0.4, -0.2) is 58.4 Å². The van der Waals surface area contributed by atoms with E-state index in [-0.39, 0.29) is 30.1 Å². The highest BCUT2D eigenvalue weighted by Gasteiger charge is 2.36. The van der Waals surface area contributed by atoms with Gasteiger partial charge in [0.15, 0.2) is 0 Å². The molecular weight excluding hydrogens is 394 g/mol. The first kappa shape index (κ1) is 22.4. The fourth-order valence-electron chi connectivity index (χ4n) is 3.60. The summed E-state index contributed by atoms with van der Waals surface area (Å²) in [6.07, 6.45) is 2.51. The van der Waals surface area contributed by atoms with Gasteiger partial charge in [-0.3, -0.25) is 4.79 Å². The van der Waals surface area contributed by atoms with Gasteiger partial charge in [0, 0.05) is 37.8 Å². The van der Waals surface area contributed by atoms with Crippen LogP contribution in [0.2, 0.25) is 0 Å². The molecule has 0 spiro atoms. The number of hydrazone groups is 1. The van der Waals surface area contributed by atoms with Crippen LogP contribution < -0.4 is 10.1 Å². The molecule has 1 atom stereocenters. The van der Waals surface area contributed by atoms with E-state index < -0.39 is 0 Å². The zero-order valence-electron chi connectivity index (χ0n) is 19.0. The topological polar surface area (TPSA) is 79.2 Å². The van der Waals surface area contributed by atoms with E-state index in [2.05, 4.69) is 10.4 Å². The van der Waals surface area contributed by atoms with E-state index in [9.17, 15) is 9.59 Å². The third kappa shape index (κ3) is 5.07. The highest BCUT2D eigenvalue weighted by molar-refractivity contribution is 6.02. The summed E-state index contributed by atoms with van der Waals surface area (Å²) in [7, 11) is 5.17. The van der Waals surface area contributed by atoms with Gasteiger partial charge in [-0.1, -0.05) is 18.2 Å². The van der Waals surface area contributed by atoms with Gasteiger partial charge < -0.3 is 19.5 Å². The first-order valence-electron chi connectivity index (χ1n) is 10.3. The van der Waals surface area contributed by atoms with Crippen LogP contribution in [0.4, 0.5) is 4.79 Å². The number of hydrogen-bond donors (Lipinski definition) is 1. The number of hydrogen-bond acceptors (Lipinski definition) is 4. The Balaban J connectivity index is 1.88. The predicted octanol–water partition coefficient (Wildman–Crippen LogP) is 3.15. The minimum atomic E-state index is -0.389. The van der Waals surface area contributed by atoms with Crippen molar-refractivity contribution < 1.29 is 14.3 Å². The molecule has 0 fully saturated rings. The van der Waals surface area contributed by atoms with Crippen molar-refractivity contribution >= 4 is 17.6 Å². The van der Waals surface area contributed by atoms with E-state index in [1.807, 2.05) is 75.0 Å². The first-order chi connectivity index (χ1) is 14.6. The number of likely N-dealkylation sites (N-methyl/N-ethyl adjacent to an activating group) is 1. The van der Waals surface area contributed by atoms with Crippen molar-refractivity contribution in [2.45, 2.75) is 38.8 Å². The molecule has 1 N–H and O–H groups in total. The SMILES string of the molecule is COc1ccccc1[C@@H]1CC(c2cccn2C)=NN1C(=O)CN(C)C(=O)NC(C)(C)C. The molecule has 0 saturated heterocycles. The van der Waals surface area contributed by atoms with Crippen molar-refractivity contribution in [2.75, 3.05) is 20.7 Å². The zero-order chi connectivity index (χ0) is 22.8. The number of para-hydroxylation sites is 1. The molecule has 1 aliphatic rings. The van der Waals surface area contributed by atoms with Crippen molar-refractivity contribution in [2.24, 2.45) is 12.1 Å². The van der Waals surface area contributed by atoms with Gasteiger partial charge in [-0.2, -0.15) is 5.10 Å². The number of ether oxygens (including phenoxy) is 1. The summed E-state index contributed by atoms with van der Waals surface area (Å²) in [5.74, 6) is 0.444. The number of amides is 3. The highest BCUT2D eigenvalue weighted by Crippen LogP contribution is 2.37. The normalized spacial score (nSPS) is 16.1. The molecule has 8 heteroatoms. The lowest BCUT2D eigenvalue weighted by molar-refractivity contribution is -0.133. The number of aromatic nitrogens is 1. The second kappa shape index (κ2) is 8.83. The van der Waals surface area contributed by atoms with Gasteiger partial charge >= 0.3 is 6.03 Å². The molecule has 0 radical (unpaired) electrons. The average molecular weight is 426 g/mol. The van der Waals surface area contributed by atoms with Gasteiger partial charge in [-0.05, 0) is 39.0 Å². The Labute approximate surface area is 183 Å². The summed E-state index contributed by atoms with van der Waals surface area (Å²) in [6.45, 7) is 5.61. The third-order valence-electron chi connectivity index (χ3n) is 5.10. The van der Waals surface area contributed by atoms with E-state index in [1.165, 1.54) is 9.91 Å². The van der Waals surface area contributed by atoms with Gasteiger partial charge in [0.25, 0.3) is 5.91 Å². The lowest BCUT2D eigenvalue weighted by Gasteiger charge is -2.28. The lowest BCUT2D eigenvalue weighted by Crippen LogP contribution is -2.49. The molecule has 0 unspecified atom stereocenters. The average Bonchev–Trinajstić information content (AvgIpc) is 3.32. The van der Waals surface area contributed by atoms with Crippen LogP contribution in [0, 0.1) is 0 Å². The number of nitrogens with one attached hydrogen (secondary N) is 1. The van der Waals surface area contributed by atoms with Crippen molar-refractivity contribution in [3.8, 4) is 5.75 Å². The Bertz CT molecular complexity index is 989. The van der Waals surface area contributed by atoms with Crippen LogP contribution in [0.3, 0.4) is 0 Å². The standard InChI is InChI=1S/C23H31N5O3/c1-23(2,3)24-22(30)27(5)15-21(29)28-19(16-10-7-8-12-20(16)31-6)14-17(25-28)18-11-9-13-26(18)4/h7-13,19H,14-15H2,1-6H3,(H,24,30)/t19-/m0/s1. The first-order valence-corrected chi connectivity index (χ1v) is 10.3. The maximum atomic E-state index is 13.3. The Morgan fingerprint density at radius 1 is 1.23 bits per heavy atom. The largest absolute Gasteiger partial charge is 0.496 e. The maximum Gasteiger partial charge on any atom is 0.318 e. The summed E-state index contributed by atoms with van der Waals surface area (Å²) in [5, 5.41) is 9.04. The molecule has 166 valence electrons. The van der Waals surface area contributed by atoms with Crippen LogP contribution in [0.1, 0.15) is 44.5 Å². The molecule has 2 aromatic rings. The number of urea groups is 1. The van der Waals surface area contributed by atoms with Crippen molar-refractivity contribution in [1.29, 1.82) is 0 Å². The van der Waals surface area contributed by atoms with E-state index in [4.69, 9.17) is 4.74 Å². The van der Waals surface area contributed by atoms with Crippen LogP contribution in [-0.2, 0) is 11.8 Å². The Kier molecular flexibility index (Phi) is 6.38. The smallest absolute Gasteiger partial charge is 0.318 e. The molecule has 1 aliphatic heterocycles. The molecule has 1 aromatic carbocycles. The van der Waals surface area contributed by atoms with Crippen molar-refractivity contribution in [3.63, 3.8) is 0 Å². The van der Waals surface area contributed by atoms with E-state index in [1.54, 1.807) is 14.2 Å². The second-order valence-corrected chi connectivity index (χ2v) is 8.79. The number of carbonyl (C=O) groups is 2. The zero-order valence-corrected chi connectivity index (χ0v) is 19.0. The lowest BCUT2D eigenvalue weighted by atomic mass is 9.99. The molecule has 3 amide bonds. The van der Waals surface area contributed by atoms with E-state index in [0.717, 1.165) is 17.0 Å². The van der Waals surface area contributed by atoms with Crippen LogP contribution in [0.25, 0.3) is 0 Å².